The third kappa shape index (κ3) is 3.33. The van der Waals surface area contributed by atoms with E-state index in [2.05, 4.69) is 38.8 Å². The normalized spacial score (nSPS) is 18.0. The lowest BCUT2D eigenvalue weighted by molar-refractivity contribution is -0.122. The summed E-state index contributed by atoms with van der Waals surface area (Å²) in [5.41, 5.74) is 1.13. The maximum atomic E-state index is 11.8. The average Bonchev–Trinajstić information content (AvgIpc) is 3.21. The van der Waals surface area contributed by atoms with E-state index in [4.69, 9.17) is 0 Å². The summed E-state index contributed by atoms with van der Waals surface area (Å²) in [4.78, 5) is 21.6. The monoisotopic (exact) mass is 330 g/mol. The molecule has 1 N–H and O–H groups in total. The Morgan fingerprint density at radius 1 is 1.39 bits per heavy atom. The number of fused-ring (bicyclic) bond motifs is 1. The molecule has 0 saturated heterocycles. The standard InChI is InChI=1S/C17H22N4OS/c1-12-2-5-15(23-12)10-20-6-7-21-14(8-18-16(21)11-20)9-19-17(22)13-3-4-13/h2,5,8,13H,3-4,6-7,9-11H2,1H3,(H,19,22). The van der Waals surface area contributed by atoms with Crippen molar-refractivity contribution in [3.8, 4) is 0 Å². The minimum absolute atomic E-state index is 0.200. The van der Waals surface area contributed by atoms with Crippen LogP contribution >= 0.6 is 11.3 Å². The van der Waals surface area contributed by atoms with Crippen molar-refractivity contribution in [1.29, 1.82) is 0 Å². The molecule has 0 spiro atoms. The van der Waals surface area contributed by atoms with Crippen LogP contribution in [-0.2, 0) is 31.0 Å². The number of amides is 1. The lowest BCUT2D eigenvalue weighted by atomic mass is 10.3. The Kier molecular flexibility index (Phi) is 3.95. The van der Waals surface area contributed by atoms with Gasteiger partial charge in [-0.15, -0.1) is 11.3 Å². The highest BCUT2D eigenvalue weighted by molar-refractivity contribution is 7.11. The molecular weight excluding hydrogens is 308 g/mol. The summed E-state index contributed by atoms with van der Waals surface area (Å²) in [6.07, 6.45) is 4.02. The molecule has 0 unspecified atom stereocenters. The van der Waals surface area contributed by atoms with Gasteiger partial charge in [0.2, 0.25) is 5.91 Å². The fourth-order valence-corrected chi connectivity index (χ4v) is 4.04. The molecule has 1 fully saturated rings. The second kappa shape index (κ2) is 6.09. The Hall–Kier alpha value is -1.66. The minimum atomic E-state index is 0.200. The van der Waals surface area contributed by atoms with Crippen LogP contribution in [0.3, 0.4) is 0 Å². The van der Waals surface area contributed by atoms with Crippen LogP contribution in [0.1, 0.15) is 34.1 Å². The fourth-order valence-electron chi connectivity index (χ4n) is 3.11. The van der Waals surface area contributed by atoms with Gasteiger partial charge in [-0.25, -0.2) is 4.98 Å². The quantitative estimate of drug-likeness (QED) is 0.915. The molecule has 1 aliphatic heterocycles. The average molecular weight is 330 g/mol. The van der Waals surface area contributed by atoms with Gasteiger partial charge in [-0.3, -0.25) is 9.69 Å². The largest absolute Gasteiger partial charge is 0.350 e. The van der Waals surface area contributed by atoms with Gasteiger partial charge in [0.25, 0.3) is 0 Å². The van der Waals surface area contributed by atoms with Crippen molar-refractivity contribution in [1.82, 2.24) is 19.8 Å². The van der Waals surface area contributed by atoms with Crippen LogP contribution in [-0.4, -0.2) is 26.9 Å². The first-order chi connectivity index (χ1) is 11.2. The molecule has 2 aliphatic rings. The van der Waals surface area contributed by atoms with E-state index < -0.39 is 0 Å². The van der Waals surface area contributed by atoms with E-state index >= 15 is 0 Å². The first-order valence-electron chi connectivity index (χ1n) is 8.28. The van der Waals surface area contributed by atoms with Crippen LogP contribution < -0.4 is 5.32 Å². The van der Waals surface area contributed by atoms with Crippen LogP contribution in [0.15, 0.2) is 18.3 Å². The molecule has 2 aromatic heterocycles. The number of carbonyl (C=O) groups excluding carboxylic acids is 1. The highest BCUT2D eigenvalue weighted by Crippen LogP contribution is 2.29. The molecule has 122 valence electrons. The molecule has 0 bridgehead atoms. The number of aryl methyl sites for hydroxylation is 1. The molecule has 0 radical (unpaired) electrons. The summed E-state index contributed by atoms with van der Waals surface area (Å²) in [6, 6.07) is 4.41. The van der Waals surface area contributed by atoms with E-state index in [-0.39, 0.29) is 11.8 Å². The predicted octanol–water partition coefficient (Wildman–Crippen LogP) is 2.30. The lowest BCUT2D eigenvalue weighted by Crippen LogP contribution is -2.34. The zero-order valence-electron chi connectivity index (χ0n) is 13.4. The number of aromatic nitrogens is 2. The van der Waals surface area contributed by atoms with Crippen molar-refractivity contribution in [3.05, 3.63) is 39.6 Å². The zero-order chi connectivity index (χ0) is 15.8. The number of nitrogens with zero attached hydrogens (tertiary/aromatic N) is 3. The molecule has 0 atom stereocenters. The molecule has 23 heavy (non-hydrogen) atoms. The van der Waals surface area contributed by atoms with Gasteiger partial charge in [0.1, 0.15) is 5.82 Å². The third-order valence-corrected chi connectivity index (χ3v) is 5.58. The molecule has 6 heteroatoms. The minimum Gasteiger partial charge on any atom is -0.350 e. The van der Waals surface area contributed by atoms with Gasteiger partial charge in [0, 0.05) is 35.3 Å². The number of nitrogens with one attached hydrogen (secondary N) is 1. The van der Waals surface area contributed by atoms with E-state index in [1.165, 1.54) is 9.75 Å². The van der Waals surface area contributed by atoms with Crippen LogP contribution in [0.4, 0.5) is 0 Å². The summed E-state index contributed by atoms with van der Waals surface area (Å²) in [5.74, 6) is 1.58. The van der Waals surface area contributed by atoms with Crippen LogP contribution in [0.25, 0.3) is 0 Å². The number of hydrogen-bond donors (Lipinski definition) is 1. The first kappa shape index (κ1) is 14.9. The topological polar surface area (TPSA) is 50.2 Å². The summed E-state index contributed by atoms with van der Waals surface area (Å²) in [6.45, 7) is 6.62. The summed E-state index contributed by atoms with van der Waals surface area (Å²) in [7, 11) is 0. The number of imidazole rings is 1. The van der Waals surface area contributed by atoms with E-state index in [0.29, 0.717) is 6.54 Å². The van der Waals surface area contributed by atoms with Crippen LogP contribution in [0.5, 0.6) is 0 Å². The van der Waals surface area contributed by atoms with Crippen molar-refractivity contribution in [3.63, 3.8) is 0 Å². The second-order valence-corrected chi connectivity index (χ2v) is 7.90. The third-order valence-electron chi connectivity index (χ3n) is 4.59. The Morgan fingerprint density at radius 3 is 3.00 bits per heavy atom. The van der Waals surface area contributed by atoms with E-state index in [1.54, 1.807) is 0 Å². The summed E-state index contributed by atoms with van der Waals surface area (Å²) in [5, 5.41) is 3.04. The molecule has 3 heterocycles. The van der Waals surface area contributed by atoms with E-state index in [9.17, 15) is 4.79 Å². The van der Waals surface area contributed by atoms with Crippen LogP contribution in [0.2, 0.25) is 0 Å². The van der Waals surface area contributed by atoms with Gasteiger partial charge in [-0.2, -0.15) is 0 Å². The zero-order valence-corrected chi connectivity index (χ0v) is 14.2. The summed E-state index contributed by atoms with van der Waals surface area (Å²) >= 11 is 1.87. The number of rotatable bonds is 5. The maximum Gasteiger partial charge on any atom is 0.223 e. The van der Waals surface area contributed by atoms with Crippen molar-refractivity contribution in [2.24, 2.45) is 5.92 Å². The first-order valence-corrected chi connectivity index (χ1v) is 9.09. The number of thiophene rings is 1. The highest BCUT2D eigenvalue weighted by atomic mass is 32.1. The van der Waals surface area contributed by atoms with Gasteiger partial charge >= 0.3 is 0 Å². The van der Waals surface area contributed by atoms with Gasteiger partial charge in [-0.1, -0.05) is 0 Å². The van der Waals surface area contributed by atoms with Gasteiger partial charge in [-0.05, 0) is 31.9 Å². The molecular formula is C17H22N4OS. The predicted molar refractivity (Wildman–Crippen MR) is 90.0 cm³/mol. The molecule has 0 aromatic carbocycles. The van der Waals surface area contributed by atoms with Crippen molar-refractivity contribution >= 4 is 17.2 Å². The van der Waals surface area contributed by atoms with E-state index in [0.717, 1.165) is 50.5 Å². The number of hydrogen-bond acceptors (Lipinski definition) is 4. The SMILES string of the molecule is Cc1ccc(CN2CCn3c(CNC(=O)C4CC4)cnc3C2)s1. The molecule has 5 nitrogen and oxygen atoms in total. The Labute approximate surface area is 140 Å². The smallest absolute Gasteiger partial charge is 0.223 e. The molecule has 1 amide bonds. The van der Waals surface area contributed by atoms with Gasteiger partial charge < -0.3 is 9.88 Å². The van der Waals surface area contributed by atoms with Gasteiger partial charge in [0.15, 0.2) is 0 Å². The summed E-state index contributed by atoms with van der Waals surface area (Å²) < 4.78 is 2.27. The molecule has 4 rings (SSSR count). The maximum absolute atomic E-state index is 11.8. The van der Waals surface area contributed by atoms with Crippen molar-refractivity contribution in [2.75, 3.05) is 6.54 Å². The van der Waals surface area contributed by atoms with E-state index in [1.807, 2.05) is 17.5 Å². The van der Waals surface area contributed by atoms with Gasteiger partial charge in [0.05, 0.1) is 25.0 Å². The Morgan fingerprint density at radius 2 is 2.26 bits per heavy atom. The molecule has 1 saturated carbocycles. The Bertz CT molecular complexity index is 716. The second-order valence-electron chi connectivity index (χ2n) is 6.53. The van der Waals surface area contributed by atoms with Crippen molar-refractivity contribution in [2.45, 2.75) is 45.9 Å². The van der Waals surface area contributed by atoms with Crippen LogP contribution in [0, 0.1) is 12.8 Å². The molecule has 1 aliphatic carbocycles. The molecule has 2 aromatic rings. The Balaban J connectivity index is 1.37. The fraction of sp³-hybridized carbons (Fsp3) is 0.529. The van der Waals surface area contributed by atoms with Crippen molar-refractivity contribution < 1.29 is 4.79 Å². The number of carbonyl (C=O) groups is 1. The lowest BCUT2D eigenvalue weighted by Gasteiger charge is -2.28. The highest BCUT2D eigenvalue weighted by Gasteiger charge is 2.29.